The number of thioether (sulfide) groups is 2. The van der Waals surface area contributed by atoms with Crippen LogP contribution >= 0.6 is 23.5 Å². The van der Waals surface area contributed by atoms with Crippen LogP contribution in [0.3, 0.4) is 0 Å². The molecule has 1 saturated heterocycles. The first-order valence-electron chi connectivity index (χ1n) is 13.0. The van der Waals surface area contributed by atoms with Gasteiger partial charge in [0.25, 0.3) is 0 Å². The number of hydrogen-bond donors (Lipinski definition) is 2. The smallest absolute Gasteiger partial charge is 0.326 e. The van der Waals surface area contributed by atoms with E-state index in [-0.39, 0.29) is 35.6 Å². The van der Waals surface area contributed by atoms with Gasteiger partial charge in [-0.25, -0.2) is 9.69 Å². The largest absolute Gasteiger partial charge is 0.361 e. The van der Waals surface area contributed by atoms with E-state index in [0.29, 0.717) is 11.4 Å². The Morgan fingerprint density at radius 3 is 2.67 bits per heavy atom. The fourth-order valence-electron chi connectivity index (χ4n) is 5.33. The van der Waals surface area contributed by atoms with E-state index in [1.807, 2.05) is 90.0 Å². The van der Waals surface area contributed by atoms with Gasteiger partial charge >= 0.3 is 6.03 Å². The summed E-state index contributed by atoms with van der Waals surface area (Å²) in [5.74, 6) is -0.425. The number of nitrogens with one attached hydrogen (secondary N) is 2. The molecule has 0 spiro atoms. The first-order chi connectivity index (χ1) is 19.5. The molecule has 2 N–H and O–H groups in total. The molecule has 40 heavy (non-hydrogen) atoms. The molecule has 3 aromatic carbocycles. The third-order valence-corrected chi connectivity index (χ3v) is 9.75. The van der Waals surface area contributed by atoms with Gasteiger partial charge in [-0.3, -0.25) is 14.5 Å². The van der Waals surface area contributed by atoms with Crippen LogP contribution in [-0.2, 0) is 9.59 Å². The minimum absolute atomic E-state index is 0.0775. The molecule has 7 rings (SSSR count). The maximum absolute atomic E-state index is 13.5. The van der Waals surface area contributed by atoms with Gasteiger partial charge in [0.1, 0.15) is 0 Å². The number of hydrogen-bond acceptors (Lipinski definition) is 5. The lowest BCUT2D eigenvalue weighted by atomic mass is 10.1. The standard InChI is InChI=1S/C31H24N4O3S2/c36-29-18-28(30(37)34(29)21-12-9-19-15-16-32-23(19)17-21)39-22-13-10-20(11-14-22)33-31(38)35-24-5-1-3-7-26(24)40-27-8-4-2-6-25(27)35/h1-17,24,26,28,32H,18H2,(H,33,38). The summed E-state index contributed by atoms with van der Waals surface area (Å²) in [6.07, 6.45) is 10.2. The molecule has 0 bridgehead atoms. The van der Waals surface area contributed by atoms with Gasteiger partial charge in [-0.15, -0.1) is 23.5 Å². The van der Waals surface area contributed by atoms with Crippen LogP contribution in [0, 0.1) is 0 Å². The summed E-state index contributed by atoms with van der Waals surface area (Å²) in [5.41, 5.74) is 3.01. The third kappa shape index (κ3) is 4.41. The number of aromatic nitrogens is 1. The van der Waals surface area contributed by atoms with E-state index in [4.69, 9.17) is 0 Å². The minimum Gasteiger partial charge on any atom is -0.361 e. The molecule has 1 aliphatic carbocycles. The van der Waals surface area contributed by atoms with Crippen molar-refractivity contribution in [2.24, 2.45) is 0 Å². The first kappa shape index (κ1) is 24.8. The third-order valence-electron chi connectivity index (χ3n) is 7.25. The number of aromatic amines is 1. The van der Waals surface area contributed by atoms with Crippen LogP contribution in [0.25, 0.3) is 10.9 Å². The fourth-order valence-corrected chi connectivity index (χ4v) is 7.64. The summed E-state index contributed by atoms with van der Waals surface area (Å²) >= 11 is 3.13. The number of para-hydroxylation sites is 1. The minimum atomic E-state index is -0.502. The Hall–Kier alpha value is -4.21. The second-order valence-corrected chi connectivity index (χ2v) is 12.3. The van der Waals surface area contributed by atoms with Gasteiger partial charge in [-0.2, -0.15) is 0 Å². The van der Waals surface area contributed by atoms with Crippen molar-refractivity contribution in [2.45, 2.75) is 32.8 Å². The number of nitrogens with zero attached hydrogens (tertiary/aromatic N) is 2. The number of anilines is 3. The van der Waals surface area contributed by atoms with Crippen molar-refractivity contribution in [1.29, 1.82) is 0 Å². The van der Waals surface area contributed by atoms with E-state index in [1.165, 1.54) is 16.7 Å². The van der Waals surface area contributed by atoms with Crippen molar-refractivity contribution in [1.82, 2.24) is 4.98 Å². The highest BCUT2D eigenvalue weighted by Gasteiger charge is 2.40. The highest BCUT2D eigenvalue weighted by atomic mass is 32.2. The van der Waals surface area contributed by atoms with E-state index in [1.54, 1.807) is 17.8 Å². The Morgan fingerprint density at radius 2 is 1.80 bits per heavy atom. The van der Waals surface area contributed by atoms with Gasteiger partial charge in [0.05, 0.1) is 27.9 Å². The Bertz CT molecular complexity index is 1710. The lowest BCUT2D eigenvalue weighted by Gasteiger charge is -2.40. The number of rotatable bonds is 4. The average molecular weight is 565 g/mol. The number of benzene rings is 3. The van der Waals surface area contributed by atoms with Gasteiger partial charge in [0.15, 0.2) is 0 Å². The number of carbonyl (C=O) groups is 3. The van der Waals surface area contributed by atoms with E-state index < -0.39 is 5.25 Å². The zero-order valence-corrected chi connectivity index (χ0v) is 22.8. The molecule has 1 fully saturated rings. The molecule has 0 radical (unpaired) electrons. The molecule has 4 amide bonds. The quantitative estimate of drug-likeness (QED) is 0.273. The summed E-state index contributed by atoms with van der Waals surface area (Å²) in [4.78, 5) is 47.7. The van der Waals surface area contributed by atoms with Crippen LogP contribution in [0.5, 0.6) is 0 Å². The number of amides is 4. The SMILES string of the molecule is O=C1CC(Sc2ccc(NC(=O)N3c4ccccc4SC4C=CC=CC43)cc2)C(=O)N1c1ccc2cc[nH]c2c1. The number of imide groups is 1. The number of fused-ring (bicyclic) bond motifs is 3. The molecule has 9 heteroatoms. The molecule has 1 aromatic heterocycles. The summed E-state index contributed by atoms with van der Waals surface area (Å²) in [6, 6.07) is 22.6. The van der Waals surface area contributed by atoms with E-state index >= 15 is 0 Å². The summed E-state index contributed by atoms with van der Waals surface area (Å²) < 4.78 is 0. The average Bonchev–Trinajstić information content (AvgIpc) is 3.55. The van der Waals surface area contributed by atoms with E-state index in [9.17, 15) is 14.4 Å². The van der Waals surface area contributed by atoms with Gasteiger partial charge in [0.2, 0.25) is 11.8 Å². The van der Waals surface area contributed by atoms with E-state index in [0.717, 1.165) is 26.4 Å². The molecule has 0 saturated carbocycles. The Morgan fingerprint density at radius 1 is 0.975 bits per heavy atom. The van der Waals surface area contributed by atoms with E-state index in [2.05, 4.69) is 22.5 Å². The van der Waals surface area contributed by atoms with Crippen molar-refractivity contribution in [3.63, 3.8) is 0 Å². The van der Waals surface area contributed by atoms with Gasteiger partial charge < -0.3 is 10.3 Å². The number of H-pyrrole nitrogens is 1. The van der Waals surface area contributed by atoms with Crippen LogP contribution in [0.2, 0.25) is 0 Å². The maximum Gasteiger partial charge on any atom is 0.326 e. The Kier molecular flexibility index (Phi) is 6.25. The van der Waals surface area contributed by atoms with Crippen LogP contribution in [-0.4, -0.2) is 39.4 Å². The lowest BCUT2D eigenvalue weighted by molar-refractivity contribution is -0.121. The first-order valence-corrected chi connectivity index (χ1v) is 14.7. The number of carbonyl (C=O) groups excluding carboxylic acids is 3. The Balaban J connectivity index is 1.05. The second kappa shape index (κ2) is 10.1. The highest BCUT2D eigenvalue weighted by molar-refractivity contribution is 8.00. The highest BCUT2D eigenvalue weighted by Crippen LogP contribution is 2.44. The molecule has 3 heterocycles. The molecule has 4 aromatic rings. The zero-order valence-electron chi connectivity index (χ0n) is 21.2. The predicted octanol–water partition coefficient (Wildman–Crippen LogP) is 6.60. The molecule has 3 aliphatic rings. The van der Waals surface area contributed by atoms with Crippen molar-refractivity contribution < 1.29 is 14.4 Å². The molecule has 2 aliphatic heterocycles. The van der Waals surface area contributed by atoms with Crippen molar-refractivity contribution in [2.75, 3.05) is 15.1 Å². The molecule has 3 atom stereocenters. The van der Waals surface area contributed by atoms with Crippen LogP contribution in [0.1, 0.15) is 6.42 Å². The van der Waals surface area contributed by atoms with Crippen LogP contribution in [0.4, 0.5) is 21.9 Å². The van der Waals surface area contributed by atoms with Crippen LogP contribution in [0.15, 0.2) is 113 Å². The maximum atomic E-state index is 13.5. The van der Waals surface area contributed by atoms with Crippen molar-refractivity contribution in [3.8, 4) is 0 Å². The summed E-state index contributed by atoms with van der Waals surface area (Å²) in [6.45, 7) is 0. The van der Waals surface area contributed by atoms with Crippen molar-refractivity contribution >= 4 is 69.3 Å². The van der Waals surface area contributed by atoms with Gasteiger partial charge in [-0.1, -0.05) is 42.5 Å². The Labute approximate surface area is 239 Å². The molecule has 7 nitrogen and oxygen atoms in total. The topological polar surface area (TPSA) is 85.5 Å². The van der Waals surface area contributed by atoms with Gasteiger partial charge in [0, 0.05) is 33.6 Å². The number of allylic oxidation sites excluding steroid dienone is 2. The molecule has 3 unspecified atom stereocenters. The molecular weight excluding hydrogens is 541 g/mol. The monoisotopic (exact) mass is 564 g/mol. The normalized spacial score (nSPS) is 21.6. The van der Waals surface area contributed by atoms with Crippen LogP contribution < -0.4 is 15.1 Å². The molecular formula is C31H24N4O3S2. The van der Waals surface area contributed by atoms with Gasteiger partial charge in [-0.05, 0) is 60.0 Å². The number of urea groups is 1. The van der Waals surface area contributed by atoms with Crippen molar-refractivity contribution in [3.05, 3.63) is 103 Å². The lowest BCUT2D eigenvalue weighted by Crippen LogP contribution is -2.49. The summed E-state index contributed by atoms with van der Waals surface area (Å²) in [7, 11) is 0. The second-order valence-electron chi connectivity index (χ2n) is 9.76. The molecule has 198 valence electrons. The summed E-state index contributed by atoms with van der Waals surface area (Å²) in [5, 5.41) is 3.72. The zero-order chi connectivity index (χ0) is 27.2. The predicted molar refractivity (Wildman–Crippen MR) is 161 cm³/mol. The fraction of sp³-hybridized carbons (Fsp3) is 0.129.